The quantitative estimate of drug-likeness (QED) is 0.789. The van der Waals surface area contributed by atoms with E-state index in [1.165, 1.54) is 39.1 Å². The van der Waals surface area contributed by atoms with Crippen molar-refractivity contribution in [3.8, 4) is 0 Å². The molecule has 1 aliphatic heterocycles. The van der Waals surface area contributed by atoms with Gasteiger partial charge in [0, 0.05) is 23.2 Å². The number of dihydropyridines is 1. The molecule has 98 valence electrons. The molecule has 0 amide bonds. The monoisotopic (exact) mass is 251 g/mol. The van der Waals surface area contributed by atoms with E-state index in [-0.39, 0.29) is 5.41 Å². The summed E-state index contributed by atoms with van der Waals surface area (Å²) in [4.78, 5) is 0. The van der Waals surface area contributed by atoms with Crippen molar-refractivity contribution in [2.45, 2.75) is 33.1 Å². The molecule has 1 heteroatoms. The van der Waals surface area contributed by atoms with Crippen molar-refractivity contribution in [2.24, 2.45) is 0 Å². The second-order valence-electron chi connectivity index (χ2n) is 6.16. The molecule has 1 aromatic carbocycles. The Bertz CT molecular complexity index is 641. The Balaban J connectivity index is 2.29. The molecule has 19 heavy (non-hydrogen) atoms. The molecule has 0 unspecified atom stereocenters. The summed E-state index contributed by atoms with van der Waals surface area (Å²) < 4.78 is 0. The maximum Gasteiger partial charge on any atom is 0.0403 e. The summed E-state index contributed by atoms with van der Waals surface area (Å²) in [6.07, 6.45) is 0. The van der Waals surface area contributed by atoms with E-state index >= 15 is 0 Å². The van der Waals surface area contributed by atoms with Gasteiger partial charge in [0.05, 0.1) is 0 Å². The van der Waals surface area contributed by atoms with Gasteiger partial charge in [0.25, 0.3) is 0 Å². The van der Waals surface area contributed by atoms with Crippen molar-refractivity contribution >= 4 is 5.57 Å². The Morgan fingerprint density at radius 3 is 2.63 bits per heavy atom. The molecule has 1 nitrogen and oxygen atoms in total. The van der Waals surface area contributed by atoms with E-state index < -0.39 is 0 Å². The van der Waals surface area contributed by atoms with Crippen LogP contribution in [0.25, 0.3) is 5.57 Å². The van der Waals surface area contributed by atoms with Gasteiger partial charge in [-0.1, -0.05) is 50.3 Å². The van der Waals surface area contributed by atoms with E-state index in [9.17, 15) is 0 Å². The normalized spacial score (nSPS) is 20.0. The zero-order valence-corrected chi connectivity index (χ0v) is 12.2. The van der Waals surface area contributed by atoms with Gasteiger partial charge in [0.1, 0.15) is 0 Å². The van der Waals surface area contributed by atoms with Crippen molar-refractivity contribution in [1.29, 1.82) is 0 Å². The highest BCUT2D eigenvalue weighted by Gasteiger charge is 2.40. The molecular formula is C18H21N. The van der Waals surface area contributed by atoms with Crippen LogP contribution >= 0.6 is 0 Å². The van der Waals surface area contributed by atoms with Gasteiger partial charge in [-0.25, -0.2) is 0 Å². The third kappa shape index (κ3) is 1.54. The molecule has 1 heterocycles. The SMILES string of the molecule is C=C(C)C1=C(C)C2=C(NC1)C(C)(C)c1ccccc12. The lowest BCUT2D eigenvalue weighted by Crippen LogP contribution is -2.32. The van der Waals surface area contributed by atoms with Gasteiger partial charge in [-0.15, -0.1) is 0 Å². The first-order valence-corrected chi connectivity index (χ1v) is 6.89. The molecule has 0 radical (unpaired) electrons. The summed E-state index contributed by atoms with van der Waals surface area (Å²) >= 11 is 0. The molecular weight excluding hydrogens is 230 g/mol. The molecule has 3 rings (SSSR count). The van der Waals surface area contributed by atoms with Crippen LogP contribution in [0.5, 0.6) is 0 Å². The number of nitrogens with one attached hydrogen (secondary N) is 1. The Labute approximate surface area is 115 Å². The zero-order valence-electron chi connectivity index (χ0n) is 12.2. The van der Waals surface area contributed by atoms with Gasteiger partial charge < -0.3 is 5.32 Å². The molecule has 0 spiro atoms. The molecule has 0 fully saturated rings. The van der Waals surface area contributed by atoms with Gasteiger partial charge >= 0.3 is 0 Å². The van der Waals surface area contributed by atoms with E-state index in [1.54, 1.807) is 0 Å². The number of benzene rings is 1. The van der Waals surface area contributed by atoms with Gasteiger partial charge in [0.15, 0.2) is 0 Å². The average molecular weight is 251 g/mol. The largest absolute Gasteiger partial charge is 0.383 e. The molecule has 0 bridgehead atoms. The summed E-state index contributed by atoms with van der Waals surface area (Å²) in [6.45, 7) is 14.0. The smallest absolute Gasteiger partial charge is 0.0403 e. The van der Waals surface area contributed by atoms with Crippen LogP contribution in [0.15, 0.2) is 53.3 Å². The minimum atomic E-state index is 0.0772. The van der Waals surface area contributed by atoms with Gasteiger partial charge in [-0.05, 0) is 36.1 Å². The lowest BCUT2D eigenvalue weighted by atomic mass is 9.84. The molecule has 0 saturated heterocycles. The predicted molar refractivity (Wildman–Crippen MR) is 81.9 cm³/mol. The zero-order chi connectivity index (χ0) is 13.8. The van der Waals surface area contributed by atoms with Gasteiger partial charge in [-0.2, -0.15) is 0 Å². The molecule has 0 saturated carbocycles. The van der Waals surface area contributed by atoms with E-state index in [0.29, 0.717) is 0 Å². The molecule has 1 aromatic rings. The van der Waals surface area contributed by atoms with Crippen molar-refractivity contribution in [1.82, 2.24) is 5.32 Å². The summed E-state index contributed by atoms with van der Waals surface area (Å²) in [5.41, 5.74) is 9.56. The van der Waals surface area contributed by atoms with Crippen LogP contribution in [0.2, 0.25) is 0 Å². The Morgan fingerprint density at radius 2 is 1.95 bits per heavy atom. The van der Waals surface area contributed by atoms with Crippen LogP contribution in [-0.4, -0.2) is 6.54 Å². The van der Waals surface area contributed by atoms with E-state index in [4.69, 9.17) is 0 Å². The van der Waals surface area contributed by atoms with Crippen molar-refractivity contribution in [3.05, 3.63) is 64.4 Å². The number of allylic oxidation sites excluding steroid dienone is 3. The first kappa shape index (κ1) is 12.3. The number of rotatable bonds is 1. The highest BCUT2D eigenvalue weighted by atomic mass is 14.9. The topological polar surface area (TPSA) is 12.0 Å². The Kier molecular flexibility index (Phi) is 2.50. The number of hydrogen-bond acceptors (Lipinski definition) is 1. The first-order chi connectivity index (χ1) is 8.94. The van der Waals surface area contributed by atoms with E-state index in [2.05, 4.69) is 63.9 Å². The van der Waals surface area contributed by atoms with Crippen LogP contribution in [-0.2, 0) is 5.41 Å². The minimum absolute atomic E-state index is 0.0772. The second kappa shape index (κ2) is 3.86. The predicted octanol–water partition coefficient (Wildman–Crippen LogP) is 4.18. The van der Waals surface area contributed by atoms with Crippen molar-refractivity contribution in [2.75, 3.05) is 6.54 Å². The Hall–Kier alpha value is -1.76. The minimum Gasteiger partial charge on any atom is -0.383 e. The third-order valence-corrected chi connectivity index (χ3v) is 4.53. The third-order valence-electron chi connectivity index (χ3n) is 4.53. The van der Waals surface area contributed by atoms with Crippen LogP contribution in [0.1, 0.15) is 38.8 Å². The van der Waals surface area contributed by atoms with Crippen LogP contribution in [0.3, 0.4) is 0 Å². The number of hydrogen-bond donors (Lipinski definition) is 1. The Morgan fingerprint density at radius 1 is 1.26 bits per heavy atom. The number of fused-ring (bicyclic) bond motifs is 2. The average Bonchev–Trinajstić information content (AvgIpc) is 2.60. The summed E-state index contributed by atoms with van der Waals surface area (Å²) in [5.74, 6) is 0. The van der Waals surface area contributed by atoms with Gasteiger partial charge in [-0.3, -0.25) is 0 Å². The fourth-order valence-electron chi connectivity index (χ4n) is 3.46. The molecule has 2 aliphatic rings. The van der Waals surface area contributed by atoms with Gasteiger partial charge in [0.2, 0.25) is 0 Å². The fourth-order valence-corrected chi connectivity index (χ4v) is 3.46. The maximum atomic E-state index is 4.12. The highest BCUT2D eigenvalue weighted by Crippen LogP contribution is 2.49. The van der Waals surface area contributed by atoms with Crippen molar-refractivity contribution < 1.29 is 0 Å². The lowest BCUT2D eigenvalue weighted by Gasteiger charge is -2.30. The first-order valence-electron chi connectivity index (χ1n) is 6.89. The second-order valence-corrected chi connectivity index (χ2v) is 6.16. The molecule has 1 aliphatic carbocycles. The van der Waals surface area contributed by atoms with Crippen molar-refractivity contribution in [3.63, 3.8) is 0 Å². The van der Waals surface area contributed by atoms with Crippen LogP contribution in [0.4, 0.5) is 0 Å². The highest BCUT2D eigenvalue weighted by molar-refractivity contribution is 5.90. The lowest BCUT2D eigenvalue weighted by molar-refractivity contribution is 0.581. The maximum absolute atomic E-state index is 4.12. The van der Waals surface area contributed by atoms with E-state index in [0.717, 1.165) is 6.54 Å². The molecule has 0 atom stereocenters. The standard InChI is InChI=1S/C18H21N/c1-11(2)14-10-19-17-16(12(14)3)13-8-6-7-9-15(13)18(17,4)5/h6-9,19H,1,10H2,2-5H3. The van der Waals surface area contributed by atoms with Crippen LogP contribution in [0, 0.1) is 0 Å². The summed E-state index contributed by atoms with van der Waals surface area (Å²) in [7, 11) is 0. The molecule has 1 N–H and O–H groups in total. The molecule has 0 aromatic heterocycles. The van der Waals surface area contributed by atoms with Crippen LogP contribution < -0.4 is 5.32 Å². The fraction of sp³-hybridized carbons (Fsp3) is 0.333. The van der Waals surface area contributed by atoms with E-state index in [1.807, 2.05) is 0 Å². The summed E-state index contributed by atoms with van der Waals surface area (Å²) in [6, 6.07) is 8.76. The summed E-state index contributed by atoms with van der Waals surface area (Å²) in [5, 5.41) is 3.64.